The summed E-state index contributed by atoms with van der Waals surface area (Å²) >= 11 is 14.0. The average Bonchev–Trinajstić information content (AvgIpc) is 3.17. The van der Waals surface area contributed by atoms with Gasteiger partial charge in [0, 0.05) is 5.56 Å². The molecule has 0 aliphatic carbocycles. The number of thiazole rings is 1. The van der Waals surface area contributed by atoms with Crippen LogP contribution in [0.4, 0.5) is 0 Å². The Bertz CT molecular complexity index is 1610. The van der Waals surface area contributed by atoms with Crippen LogP contribution in [0.25, 0.3) is 6.08 Å². The minimum absolute atomic E-state index is 0.119. The van der Waals surface area contributed by atoms with Gasteiger partial charge in [-0.05, 0) is 57.5 Å². The molecule has 0 radical (unpaired) electrons. The van der Waals surface area contributed by atoms with Crippen LogP contribution in [0.5, 0.6) is 11.5 Å². The summed E-state index contributed by atoms with van der Waals surface area (Å²) in [6.07, 6.45) is 3.16. The Balaban J connectivity index is 1.93. The molecule has 0 saturated heterocycles. The minimum Gasteiger partial charge on any atom is -0.491 e. The van der Waals surface area contributed by atoms with Crippen molar-refractivity contribution in [2.24, 2.45) is 4.99 Å². The van der Waals surface area contributed by atoms with Crippen LogP contribution in [0, 0.1) is 0 Å². The fraction of sp³-hybridized carbons (Fsp3) is 0.276. The molecule has 0 amide bonds. The van der Waals surface area contributed by atoms with Crippen LogP contribution < -0.4 is 24.4 Å². The van der Waals surface area contributed by atoms with Crippen molar-refractivity contribution >= 4 is 46.6 Å². The second kappa shape index (κ2) is 12.2. The molecule has 1 atom stereocenters. The Labute approximate surface area is 240 Å². The molecule has 3 aromatic rings. The molecule has 1 aromatic heterocycles. The summed E-state index contributed by atoms with van der Waals surface area (Å²) < 4.78 is 18.9. The Morgan fingerprint density at radius 2 is 1.92 bits per heavy atom. The topological polar surface area (TPSA) is 79.1 Å². The molecule has 0 fully saturated rings. The summed E-state index contributed by atoms with van der Waals surface area (Å²) in [5.74, 6) is 0.372. The zero-order valence-corrected chi connectivity index (χ0v) is 24.3. The molecular weight excluding hydrogens is 559 g/mol. The monoisotopic (exact) mass is 586 g/mol. The van der Waals surface area contributed by atoms with E-state index in [1.807, 2.05) is 38.1 Å². The zero-order valence-electron chi connectivity index (χ0n) is 22.0. The van der Waals surface area contributed by atoms with Crippen molar-refractivity contribution in [1.29, 1.82) is 0 Å². The number of hydrogen-bond acceptors (Lipinski definition) is 7. The molecule has 0 spiro atoms. The first-order chi connectivity index (χ1) is 18.7. The molecule has 0 saturated carbocycles. The Hall–Kier alpha value is -3.33. The molecule has 39 heavy (non-hydrogen) atoms. The van der Waals surface area contributed by atoms with Gasteiger partial charge in [-0.3, -0.25) is 9.36 Å². The maximum Gasteiger partial charge on any atom is 0.338 e. The van der Waals surface area contributed by atoms with Crippen molar-refractivity contribution in [2.75, 3.05) is 13.2 Å². The van der Waals surface area contributed by atoms with Crippen molar-refractivity contribution < 1.29 is 19.0 Å². The van der Waals surface area contributed by atoms with Crippen molar-refractivity contribution in [3.05, 3.63) is 101 Å². The molecule has 0 bridgehead atoms. The fourth-order valence-electron chi connectivity index (χ4n) is 4.25. The van der Waals surface area contributed by atoms with Gasteiger partial charge in [0.05, 0.1) is 38.6 Å². The van der Waals surface area contributed by atoms with Crippen LogP contribution in [-0.4, -0.2) is 29.9 Å². The molecule has 0 N–H and O–H groups in total. The summed E-state index contributed by atoms with van der Waals surface area (Å²) in [6, 6.07) is 9.91. The summed E-state index contributed by atoms with van der Waals surface area (Å²) in [7, 11) is 0. The summed E-state index contributed by atoms with van der Waals surface area (Å²) in [6.45, 7) is 11.4. The molecule has 204 valence electrons. The van der Waals surface area contributed by atoms with Gasteiger partial charge in [0.2, 0.25) is 0 Å². The SMILES string of the molecule is C=CCOc1c(Cl)cc(/C=c2/sc3n(c2=O)[C@H](c2ccccc2OC(C)C)C(C(=O)OCC)=C(C)N=3)cc1Cl. The largest absolute Gasteiger partial charge is 0.491 e. The van der Waals surface area contributed by atoms with Crippen molar-refractivity contribution in [1.82, 2.24) is 4.57 Å². The molecule has 0 unspecified atom stereocenters. The lowest BCUT2D eigenvalue weighted by Crippen LogP contribution is -2.40. The second-order valence-corrected chi connectivity index (χ2v) is 10.7. The van der Waals surface area contributed by atoms with Gasteiger partial charge in [0.15, 0.2) is 10.6 Å². The highest BCUT2D eigenvalue weighted by Gasteiger charge is 2.35. The molecule has 7 nitrogen and oxygen atoms in total. The van der Waals surface area contributed by atoms with E-state index < -0.39 is 12.0 Å². The first kappa shape index (κ1) is 28.7. The average molecular weight is 588 g/mol. The summed E-state index contributed by atoms with van der Waals surface area (Å²) in [5, 5.41) is 0.614. The Morgan fingerprint density at radius 3 is 2.56 bits per heavy atom. The third-order valence-electron chi connectivity index (χ3n) is 5.76. The van der Waals surface area contributed by atoms with E-state index in [9.17, 15) is 9.59 Å². The van der Waals surface area contributed by atoms with Crippen LogP contribution >= 0.6 is 34.5 Å². The van der Waals surface area contributed by atoms with Gasteiger partial charge >= 0.3 is 5.97 Å². The van der Waals surface area contributed by atoms with Gasteiger partial charge in [-0.2, -0.15) is 0 Å². The standard InChI is InChI=1S/C29H28Cl2N2O5S/c1-6-12-37-26-20(30)13-18(14-21(26)31)15-23-27(34)33-25(19-10-8-9-11-22(19)38-16(3)4)24(28(35)36-7-2)17(5)32-29(33)39-23/h6,8-11,13-16,25H,1,7,12H2,2-5H3/b23-15+/t25-/m1/s1. The highest BCUT2D eigenvalue weighted by Crippen LogP contribution is 2.37. The van der Waals surface area contributed by atoms with Crippen molar-refractivity contribution in [2.45, 2.75) is 39.8 Å². The van der Waals surface area contributed by atoms with E-state index in [0.29, 0.717) is 47.7 Å². The van der Waals surface area contributed by atoms with E-state index >= 15 is 0 Å². The Kier molecular flexibility index (Phi) is 9.00. The predicted octanol–water partition coefficient (Wildman–Crippen LogP) is 5.46. The third kappa shape index (κ3) is 5.98. The first-order valence-corrected chi connectivity index (χ1v) is 13.9. The van der Waals surface area contributed by atoms with Crippen LogP contribution in [0.1, 0.15) is 44.9 Å². The van der Waals surface area contributed by atoms with Gasteiger partial charge in [-0.15, -0.1) is 0 Å². The van der Waals surface area contributed by atoms with E-state index in [2.05, 4.69) is 11.6 Å². The lowest BCUT2D eigenvalue weighted by Gasteiger charge is -2.26. The number of benzene rings is 2. The number of aromatic nitrogens is 1. The van der Waals surface area contributed by atoms with Gasteiger partial charge in [0.1, 0.15) is 18.4 Å². The number of hydrogen-bond donors (Lipinski definition) is 0. The summed E-state index contributed by atoms with van der Waals surface area (Å²) in [4.78, 5) is 32.2. The number of nitrogens with zero attached hydrogens (tertiary/aromatic N) is 2. The van der Waals surface area contributed by atoms with Crippen LogP contribution in [0.3, 0.4) is 0 Å². The molecule has 2 aromatic carbocycles. The van der Waals surface area contributed by atoms with Crippen LogP contribution in [0.2, 0.25) is 10.0 Å². The number of para-hydroxylation sites is 1. The van der Waals surface area contributed by atoms with Gasteiger partial charge < -0.3 is 14.2 Å². The number of rotatable bonds is 9. The van der Waals surface area contributed by atoms with E-state index in [4.69, 9.17) is 37.4 Å². The molecule has 1 aliphatic heterocycles. The van der Waals surface area contributed by atoms with E-state index in [1.165, 1.54) is 15.9 Å². The maximum atomic E-state index is 13.9. The number of carbonyl (C=O) groups excluding carboxylic acids is 1. The van der Waals surface area contributed by atoms with Gasteiger partial charge in [-0.1, -0.05) is 65.4 Å². The smallest absolute Gasteiger partial charge is 0.338 e. The molecular formula is C29H28Cl2N2O5S. The van der Waals surface area contributed by atoms with Crippen LogP contribution in [0.15, 0.2) is 70.1 Å². The van der Waals surface area contributed by atoms with Crippen molar-refractivity contribution in [3.8, 4) is 11.5 Å². The number of esters is 1. The molecule has 1 aliphatic rings. The van der Waals surface area contributed by atoms with E-state index in [0.717, 1.165) is 0 Å². The highest BCUT2D eigenvalue weighted by molar-refractivity contribution is 7.07. The van der Waals surface area contributed by atoms with Gasteiger partial charge in [0.25, 0.3) is 5.56 Å². The first-order valence-electron chi connectivity index (χ1n) is 12.3. The van der Waals surface area contributed by atoms with Crippen molar-refractivity contribution in [3.63, 3.8) is 0 Å². The number of fused-ring (bicyclic) bond motifs is 1. The minimum atomic E-state index is -0.792. The predicted molar refractivity (Wildman–Crippen MR) is 155 cm³/mol. The quantitative estimate of drug-likeness (QED) is 0.246. The zero-order chi connectivity index (χ0) is 28.3. The van der Waals surface area contributed by atoms with E-state index in [-0.39, 0.29) is 30.5 Å². The third-order valence-corrected chi connectivity index (χ3v) is 7.30. The number of allylic oxidation sites excluding steroid dienone is 1. The second-order valence-electron chi connectivity index (χ2n) is 8.92. The Morgan fingerprint density at radius 1 is 1.23 bits per heavy atom. The van der Waals surface area contributed by atoms with Crippen LogP contribution in [-0.2, 0) is 9.53 Å². The fourth-order valence-corrected chi connectivity index (χ4v) is 5.91. The molecule has 2 heterocycles. The maximum absolute atomic E-state index is 13.9. The molecule has 10 heteroatoms. The van der Waals surface area contributed by atoms with E-state index in [1.54, 1.807) is 38.1 Å². The summed E-state index contributed by atoms with van der Waals surface area (Å²) in [5.41, 5.74) is 1.70. The lowest BCUT2D eigenvalue weighted by molar-refractivity contribution is -0.139. The number of ether oxygens (including phenoxy) is 3. The number of halogens is 2. The lowest BCUT2D eigenvalue weighted by atomic mass is 9.95. The highest BCUT2D eigenvalue weighted by atomic mass is 35.5. The normalized spacial score (nSPS) is 15.2. The molecule has 4 rings (SSSR count). The van der Waals surface area contributed by atoms with Gasteiger partial charge in [-0.25, -0.2) is 9.79 Å². The number of carbonyl (C=O) groups is 1.